The van der Waals surface area contributed by atoms with Gasteiger partial charge in [0, 0.05) is 31.1 Å². The quantitative estimate of drug-likeness (QED) is 0.909. The van der Waals surface area contributed by atoms with Gasteiger partial charge in [0.1, 0.15) is 5.75 Å². The van der Waals surface area contributed by atoms with Crippen LogP contribution in [0.25, 0.3) is 0 Å². The summed E-state index contributed by atoms with van der Waals surface area (Å²) < 4.78 is 11.4. The summed E-state index contributed by atoms with van der Waals surface area (Å²) in [6.07, 6.45) is 5.05. The topological polar surface area (TPSA) is 50.8 Å². The molecule has 0 spiro atoms. The van der Waals surface area contributed by atoms with Crippen LogP contribution in [0.1, 0.15) is 38.2 Å². The van der Waals surface area contributed by atoms with Crippen molar-refractivity contribution in [3.05, 3.63) is 29.8 Å². The van der Waals surface area contributed by atoms with E-state index < -0.39 is 6.10 Å². The number of nitrogens with zero attached hydrogens (tertiary/aromatic N) is 1. The number of hydrogen-bond donors (Lipinski definition) is 1. The first-order valence-electron chi connectivity index (χ1n) is 9.57. The number of amides is 1. The number of nitrogens with one attached hydrogen (secondary N) is 1. The van der Waals surface area contributed by atoms with Crippen LogP contribution in [0.4, 0.5) is 0 Å². The molecule has 2 heterocycles. The van der Waals surface area contributed by atoms with Crippen molar-refractivity contribution in [2.24, 2.45) is 0 Å². The Morgan fingerprint density at radius 2 is 1.96 bits per heavy atom. The number of carbonyl (C=O) groups excluding carboxylic acids is 1. The van der Waals surface area contributed by atoms with E-state index in [0.717, 1.165) is 50.5 Å². The SMILES string of the molecule is C[C@H](NC(=O)[C@@H]1Cc2ccccc2O1)C1(N2CCOCC2)CCCC1. The van der Waals surface area contributed by atoms with Crippen molar-refractivity contribution in [2.75, 3.05) is 26.3 Å². The van der Waals surface area contributed by atoms with Crippen molar-refractivity contribution in [2.45, 2.75) is 56.7 Å². The highest BCUT2D eigenvalue weighted by molar-refractivity contribution is 5.82. The lowest BCUT2D eigenvalue weighted by Gasteiger charge is -2.47. The summed E-state index contributed by atoms with van der Waals surface area (Å²) in [6.45, 7) is 5.69. The van der Waals surface area contributed by atoms with Crippen LogP contribution < -0.4 is 10.1 Å². The fourth-order valence-corrected chi connectivity index (χ4v) is 4.79. The maximum Gasteiger partial charge on any atom is 0.261 e. The van der Waals surface area contributed by atoms with Crippen LogP contribution in [-0.2, 0) is 16.0 Å². The molecule has 4 rings (SSSR count). The number of hydrogen-bond acceptors (Lipinski definition) is 4. The predicted molar refractivity (Wildman–Crippen MR) is 95.8 cm³/mol. The molecule has 2 aliphatic heterocycles. The maximum atomic E-state index is 12.8. The predicted octanol–water partition coefficient (Wildman–Crippen LogP) is 2.14. The van der Waals surface area contributed by atoms with Gasteiger partial charge < -0.3 is 14.8 Å². The molecule has 1 aromatic carbocycles. The van der Waals surface area contributed by atoms with Crippen LogP contribution >= 0.6 is 0 Å². The first-order valence-corrected chi connectivity index (χ1v) is 9.57. The van der Waals surface area contributed by atoms with E-state index in [2.05, 4.69) is 17.1 Å². The van der Waals surface area contributed by atoms with Crippen molar-refractivity contribution in [3.8, 4) is 5.75 Å². The number of fused-ring (bicyclic) bond motifs is 1. The molecule has 0 bridgehead atoms. The van der Waals surface area contributed by atoms with Gasteiger partial charge in [-0.25, -0.2) is 0 Å². The molecule has 2 atom stereocenters. The summed E-state index contributed by atoms with van der Waals surface area (Å²) in [5.74, 6) is 0.863. The Kier molecular flexibility index (Phi) is 4.69. The van der Waals surface area contributed by atoms with Crippen molar-refractivity contribution in [1.82, 2.24) is 10.2 Å². The van der Waals surface area contributed by atoms with Crippen LogP contribution in [0.5, 0.6) is 5.75 Å². The summed E-state index contributed by atoms with van der Waals surface area (Å²) in [5.41, 5.74) is 1.20. The Morgan fingerprint density at radius 3 is 2.68 bits per heavy atom. The maximum absolute atomic E-state index is 12.8. The van der Waals surface area contributed by atoms with Gasteiger partial charge in [0.05, 0.1) is 13.2 Å². The van der Waals surface area contributed by atoms with Gasteiger partial charge in [-0.2, -0.15) is 0 Å². The smallest absolute Gasteiger partial charge is 0.261 e. The molecule has 1 aliphatic carbocycles. The van der Waals surface area contributed by atoms with E-state index in [0.29, 0.717) is 6.42 Å². The molecule has 2 fully saturated rings. The van der Waals surface area contributed by atoms with Crippen LogP contribution in [-0.4, -0.2) is 54.8 Å². The summed E-state index contributed by atoms with van der Waals surface area (Å²) >= 11 is 0. The standard InChI is InChI=1S/C20H28N2O3/c1-15(20(8-4-5-9-20)22-10-12-24-13-11-22)21-19(23)18-14-16-6-2-3-7-17(16)25-18/h2-3,6-7,15,18H,4-5,8-14H2,1H3,(H,21,23)/t15-,18-/m0/s1. The van der Waals surface area contributed by atoms with Crippen LogP contribution in [0.2, 0.25) is 0 Å². The van der Waals surface area contributed by atoms with Crippen LogP contribution in [0.15, 0.2) is 24.3 Å². The monoisotopic (exact) mass is 344 g/mol. The van der Waals surface area contributed by atoms with Crippen molar-refractivity contribution in [1.29, 1.82) is 0 Å². The lowest BCUT2D eigenvalue weighted by Crippen LogP contribution is -2.63. The van der Waals surface area contributed by atoms with Gasteiger partial charge in [-0.15, -0.1) is 0 Å². The number of para-hydroxylation sites is 1. The van der Waals surface area contributed by atoms with Gasteiger partial charge in [0.25, 0.3) is 5.91 Å². The minimum absolute atomic E-state index is 0.0169. The molecule has 0 unspecified atom stereocenters. The number of carbonyl (C=O) groups is 1. The second-order valence-corrected chi connectivity index (χ2v) is 7.56. The highest BCUT2D eigenvalue weighted by atomic mass is 16.5. The molecule has 0 radical (unpaired) electrons. The Balaban J connectivity index is 1.43. The van der Waals surface area contributed by atoms with Crippen LogP contribution in [0, 0.1) is 0 Å². The summed E-state index contributed by atoms with van der Waals surface area (Å²) in [7, 11) is 0. The summed E-state index contributed by atoms with van der Waals surface area (Å²) in [6, 6.07) is 8.05. The lowest BCUT2D eigenvalue weighted by molar-refractivity contribution is -0.129. The minimum Gasteiger partial charge on any atom is -0.480 e. The number of benzene rings is 1. The molecule has 25 heavy (non-hydrogen) atoms. The van der Waals surface area contributed by atoms with Crippen LogP contribution in [0.3, 0.4) is 0 Å². The Hall–Kier alpha value is -1.59. The Bertz CT molecular complexity index is 596. The molecular formula is C20H28N2O3. The van der Waals surface area contributed by atoms with E-state index in [9.17, 15) is 4.79 Å². The highest BCUT2D eigenvalue weighted by Gasteiger charge is 2.45. The molecule has 1 N–H and O–H groups in total. The first kappa shape index (κ1) is 16.9. The molecule has 1 saturated heterocycles. The molecule has 136 valence electrons. The largest absolute Gasteiger partial charge is 0.480 e. The summed E-state index contributed by atoms with van der Waals surface area (Å²) in [4.78, 5) is 15.4. The van der Waals surface area contributed by atoms with E-state index >= 15 is 0 Å². The van der Waals surface area contributed by atoms with Crippen molar-refractivity contribution < 1.29 is 14.3 Å². The first-order chi connectivity index (χ1) is 12.2. The fraction of sp³-hybridized carbons (Fsp3) is 0.650. The second kappa shape index (κ2) is 6.96. The molecule has 0 aromatic heterocycles. The lowest BCUT2D eigenvalue weighted by atomic mass is 9.86. The third-order valence-electron chi connectivity index (χ3n) is 6.21. The highest BCUT2D eigenvalue weighted by Crippen LogP contribution is 2.39. The van der Waals surface area contributed by atoms with E-state index in [1.54, 1.807) is 0 Å². The number of rotatable bonds is 4. The third-order valence-corrected chi connectivity index (χ3v) is 6.21. The normalized spacial score (nSPS) is 26.7. The van der Waals surface area contributed by atoms with E-state index in [1.165, 1.54) is 12.8 Å². The third kappa shape index (κ3) is 3.15. The zero-order valence-electron chi connectivity index (χ0n) is 15.0. The molecule has 1 amide bonds. The average molecular weight is 344 g/mol. The van der Waals surface area contributed by atoms with Gasteiger partial charge in [0.15, 0.2) is 6.10 Å². The van der Waals surface area contributed by atoms with E-state index in [1.807, 2.05) is 24.3 Å². The van der Waals surface area contributed by atoms with Gasteiger partial charge >= 0.3 is 0 Å². The number of ether oxygens (including phenoxy) is 2. The van der Waals surface area contributed by atoms with Gasteiger partial charge in [0.2, 0.25) is 0 Å². The van der Waals surface area contributed by atoms with Crippen molar-refractivity contribution in [3.63, 3.8) is 0 Å². The molecule has 5 heteroatoms. The zero-order chi connectivity index (χ0) is 17.3. The van der Waals surface area contributed by atoms with Gasteiger partial charge in [-0.3, -0.25) is 9.69 Å². The minimum atomic E-state index is -0.400. The van der Waals surface area contributed by atoms with Gasteiger partial charge in [-0.1, -0.05) is 31.0 Å². The van der Waals surface area contributed by atoms with E-state index in [-0.39, 0.29) is 17.5 Å². The Labute approximate surface area is 149 Å². The zero-order valence-corrected chi connectivity index (χ0v) is 15.0. The molecule has 3 aliphatic rings. The van der Waals surface area contributed by atoms with E-state index in [4.69, 9.17) is 9.47 Å². The molecular weight excluding hydrogens is 316 g/mol. The van der Waals surface area contributed by atoms with Gasteiger partial charge in [-0.05, 0) is 31.4 Å². The molecule has 5 nitrogen and oxygen atoms in total. The van der Waals surface area contributed by atoms with Crippen molar-refractivity contribution >= 4 is 5.91 Å². The fourth-order valence-electron chi connectivity index (χ4n) is 4.79. The summed E-state index contributed by atoms with van der Waals surface area (Å²) in [5, 5.41) is 3.29. The Morgan fingerprint density at radius 1 is 1.24 bits per heavy atom. The number of morpholine rings is 1. The average Bonchev–Trinajstić information content (AvgIpc) is 3.30. The second-order valence-electron chi connectivity index (χ2n) is 7.56. The molecule has 1 saturated carbocycles. The molecule has 1 aromatic rings.